The van der Waals surface area contributed by atoms with Crippen LogP contribution in [0.2, 0.25) is 0 Å². The number of nitrogens with one attached hydrogen (secondary N) is 1. The topological polar surface area (TPSA) is 119 Å². The molecule has 0 radical (unpaired) electrons. The van der Waals surface area contributed by atoms with Gasteiger partial charge in [0.1, 0.15) is 41.9 Å². The summed E-state index contributed by atoms with van der Waals surface area (Å²) in [6.07, 6.45) is -4.69. The fraction of sp³-hybridized carbons (Fsp3) is 0.304. The lowest BCUT2D eigenvalue weighted by Gasteiger charge is -2.40. The smallest absolute Gasteiger partial charge is 0.133 e. The zero-order chi connectivity index (χ0) is 21.7. The Morgan fingerprint density at radius 1 is 1.00 bits per heavy atom. The highest BCUT2D eigenvalue weighted by molar-refractivity contribution is 5.86. The number of H-pyrrole nitrogens is 1. The highest BCUT2D eigenvalue weighted by atomic mass is 19.1. The molecule has 31 heavy (non-hydrogen) atoms. The summed E-state index contributed by atoms with van der Waals surface area (Å²) in [7, 11) is 0. The lowest BCUT2D eigenvalue weighted by atomic mass is 9.90. The number of furan rings is 1. The molecule has 1 aliphatic heterocycles. The SMILES string of the molecule is OC[C@H]1O[C@@H](c2[nH]c3cccc(F)c3c2Cc2ccc3occc3c2)[C@H](O)[C@@H](O)[C@@H]1O. The number of ether oxygens (including phenoxy) is 1. The van der Waals surface area contributed by atoms with Gasteiger partial charge in [-0.05, 0) is 41.5 Å². The Balaban J connectivity index is 1.63. The first-order valence-corrected chi connectivity index (χ1v) is 10.0. The Morgan fingerprint density at radius 2 is 1.84 bits per heavy atom. The number of hydrogen-bond acceptors (Lipinski definition) is 6. The van der Waals surface area contributed by atoms with Crippen LogP contribution in [0.5, 0.6) is 0 Å². The van der Waals surface area contributed by atoms with Gasteiger partial charge < -0.3 is 34.6 Å². The van der Waals surface area contributed by atoms with Crippen LogP contribution in [0.4, 0.5) is 4.39 Å². The number of halogens is 1. The lowest BCUT2D eigenvalue weighted by molar-refractivity contribution is -0.232. The van der Waals surface area contributed by atoms with E-state index in [0.717, 1.165) is 16.5 Å². The molecule has 0 saturated carbocycles. The molecule has 4 aromatic rings. The number of aromatic amines is 1. The van der Waals surface area contributed by atoms with Gasteiger partial charge in [-0.3, -0.25) is 0 Å². The Bertz CT molecular complexity index is 1230. The fourth-order valence-corrected chi connectivity index (χ4v) is 4.39. The van der Waals surface area contributed by atoms with E-state index in [1.807, 2.05) is 24.3 Å². The van der Waals surface area contributed by atoms with Crippen molar-refractivity contribution in [2.45, 2.75) is 36.9 Å². The summed E-state index contributed by atoms with van der Waals surface area (Å²) < 4.78 is 26.0. The third-order valence-corrected chi connectivity index (χ3v) is 5.98. The molecule has 162 valence electrons. The summed E-state index contributed by atoms with van der Waals surface area (Å²) >= 11 is 0. The molecular formula is C23H22FNO6. The molecule has 0 amide bonds. The molecule has 0 unspecified atom stereocenters. The molecule has 8 heteroatoms. The van der Waals surface area contributed by atoms with Gasteiger partial charge in [0, 0.05) is 22.7 Å². The minimum atomic E-state index is -1.53. The van der Waals surface area contributed by atoms with E-state index in [9.17, 15) is 24.8 Å². The van der Waals surface area contributed by atoms with Crippen LogP contribution in [0.15, 0.2) is 53.1 Å². The highest BCUT2D eigenvalue weighted by Crippen LogP contribution is 2.38. The van der Waals surface area contributed by atoms with Crippen molar-refractivity contribution in [3.05, 3.63) is 71.4 Å². The molecule has 2 aromatic carbocycles. The second kappa shape index (κ2) is 7.74. The molecule has 1 fully saturated rings. The van der Waals surface area contributed by atoms with Crippen molar-refractivity contribution >= 4 is 21.9 Å². The van der Waals surface area contributed by atoms with Gasteiger partial charge in [0.05, 0.1) is 18.6 Å². The van der Waals surface area contributed by atoms with Gasteiger partial charge >= 0.3 is 0 Å². The molecule has 3 heterocycles. The number of benzene rings is 2. The molecule has 1 aliphatic rings. The Morgan fingerprint density at radius 3 is 2.65 bits per heavy atom. The summed E-state index contributed by atoms with van der Waals surface area (Å²) in [6.45, 7) is -0.539. The number of fused-ring (bicyclic) bond motifs is 2. The third kappa shape index (κ3) is 3.33. The van der Waals surface area contributed by atoms with Crippen molar-refractivity contribution in [1.82, 2.24) is 4.98 Å². The van der Waals surface area contributed by atoms with E-state index >= 15 is 0 Å². The number of rotatable bonds is 4. The van der Waals surface area contributed by atoms with E-state index in [2.05, 4.69) is 4.98 Å². The maximum atomic E-state index is 14.8. The first kappa shape index (κ1) is 20.2. The highest BCUT2D eigenvalue weighted by Gasteiger charge is 2.45. The first-order valence-electron chi connectivity index (χ1n) is 10.0. The van der Waals surface area contributed by atoms with Crippen LogP contribution in [-0.2, 0) is 11.2 Å². The zero-order valence-corrected chi connectivity index (χ0v) is 16.4. The molecule has 1 saturated heterocycles. The van der Waals surface area contributed by atoms with E-state index in [-0.39, 0.29) is 0 Å². The van der Waals surface area contributed by atoms with E-state index in [0.29, 0.717) is 28.6 Å². The molecule has 7 nitrogen and oxygen atoms in total. The van der Waals surface area contributed by atoms with Crippen LogP contribution in [0.1, 0.15) is 22.9 Å². The summed E-state index contributed by atoms with van der Waals surface area (Å²) in [5.41, 5.74) is 3.11. The molecule has 5 rings (SSSR count). The number of hydrogen-bond donors (Lipinski definition) is 5. The lowest BCUT2D eigenvalue weighted by Crippen LogP contribution is -2.55. The molecule has 2 aromatic heterocycles. The predicted molar refractivity (Wildman–Crippen MR) is 110 cm³/mol. The van der Waals surface area contributed by atoms with Gasteiger partial charge in [-0.1, -0.05) is 12.1 Å². The Hall–Kier alpha value is -2.75. The van der Waals surface area contributed by atoms with Crippen LogP contribution >= 0.6 is 0 Å². The van der Waals surface area contributed by atoms with Gasteiger partial charge in [-0.25, -0.2) is 4.39 Å². The van der Waals surface area contributed by atoms with Gasteiger partial charge in [-0.2, -0.15) is 0 Å². The molecule has 5 atom stereocenters. The maximum Gasteiger partial charge on any atom is 0.133 e. The summed E-state index contributed by atoms with van der Waals surface area (Å²) in [5, 5.41) is 41.8. The standard InChI is InChI=1S/C23H22FNO6/c24-14-2-1-3-15-18(14)13(9-11-4-5-16-12(8-11)6-7-30-16)19(25-15)23-22(29)21(28)20(27)17(10-26)31-23/h1-8,17,20-23,25-29H,9-10H2/t17-,20-,21+,22-,23+/m1/s1. The monoisotopic (exact) mass is 427 g/mol. The van der Waals surface area contributed by atoms with Crippen molar-refractivity contribution in [3.8, 4) is 0 Å². The number of aromatic nitrogens is 1. The van der Waals surface area contributed by atoms with Crippen molar-refractivity contribution in [2.75, 3.05) is 6.61 Å². The van der Waals surface area contributed by atoms with Crippen LogP contribution < -0.4 is 0 Å². The van der Waals surface area contributed by atoms with Gasteiger partial charge in [0.2, 0.25) is 0 Å². The predicted octanol–water partition coefficient (Wildman–Crippen LogP) is 2.16. The summed E-state index contributed by atoms with van der Waals surface area (Å²) in [5.74, 6) is -0.427. The normalized spacial score (nSPS) is 26.7. The van der Waals surface area contributed by atoms with Crippen LogP contribution in [0.25, 0.3) is 21.9 Å². The van der Waals surface area contributed by atoms with E-state index in [4.69, 9.17) is 9.15 Å². The minimum Gasteiger partial charge on any atom is -0.464 e. The molecule has 0 spiro atoms. The van der Waals surface area contributed by atoms with Crippen LogP contribution in [-0.4, -0.2) is 56.4 Å². The average molecular weight is 427 g/mol. The first-order chi connectivity index (χ1) is 15.0. The van der Waals surface area contributed by atoms with E-state index in [1.54, 1.807) is 18.4 Å². The van der Waals surface area contributed by atoms with Crippen molar-refractivity contribution in [2.24, 2.45) is 0 Å². The van der Waals surface area contributed by atoms with E-state index in [1.165, 1.54) is 6.07 Å². The van der Waals surface area contributed by atoms with Gasteiger partial charge in [0.25, 0.3) is 0 Å². The van der Waals surface area contributed by atoms with Gasteiger partial charge in [0.15, 0.2) is 0 Å². The van der Waals surface area contributed by atoms with E-state index < -0.39 is 42.9 Å². The van der Waals surface area contributed by atoms with Gasteiger partial charge in [-0.15, -0.1) is 0 Å². The summed E-state index contributed by atoms with van der Waals surface area (Å²) in [6, 6.07) is 12.1. The molecule has 5 N–H and O–H groups in total. The number of aliphatic hydroxyl groups is 4. The second-order valence-electron chi connectivity index (χ2n) is 7.90. The summed E-state index contributed by atoms with van der Waals surface area (Å²) in [4.78, 5) is 3.12. The Kier molecular flexibility index (Phi) is 5.04. The van der Waals surface area contributed by atoms with Crippen LogP contribution in [0.3, 0.4) is 0 Å². The van der Waals surface area contributed by atoms with Crippen molar-refractivity contribution in [3.63, 3.8) is 0 Å². The van der Waals surface area contributed by atoms with Crippen molar-refractivity contribution < 1.29 is 34.0 Å². The Labute approximate surface area is 176 Å². The maximum absolute atomic E-state index is 14.8. The van der Waals surface area contributed by atoms with Crippen molar-refractivity contribution in [1.29, 1.82) is 0 Å². The fourth-order valence-electron chi connectivity index (χ4n) is 4.39. The molecular weight excluding hydrogens is 405 g/mol. The minimum absolute atomic E-state index is 0.326. The largest absolute Gasteiger partial charge is 0.464 e. The zero-order valence-electron chi connectivity index (χ0n) is 16.4. The average Bonchev–Trinajstić information content (AvgIpc) is 3.37. The third-order valence-electron chi connectivity index (χ3n) is 5.98. The molecule has 0 bridgehead atoms. The second-order valence-corrected chi connectivity index (χ2v) is 7.90. The quantitative estimate of drug-likeness (QED) is 0.341. The van der Waals surface area contributed by atoms with Crippen LogP contribution in [0, 0.1) is 5.82 Å². The molecule has 0 aliphatic carbocycles. The number of aliphatic hydroxyl groups excluding tert-OH is 4.